The molecular formula is C21H36O2. The molecule has 0 aliphatic heterocycles. The third-order valence-corrected chi connectivity index (χ3v) is 4.68. The van der Waals surface area contributed by atoms with E-state index in [0.717, 1.165) is 49.7 Å². The highest BCUT2D eigenvalue weighted by Crippen LogP contribution is 2.38. The van der Waals surface area contributed by atoms with Crippen LogP contribution in [0.3, 0.4) is 0 Å². The van der Waals surface area contributed by atoms with Gasteiger partial charge in [-0.3, -0.25) is 0 Å². The minimum Gasteiger partial charge on any atom is -0.504 e. The second kappa shape index (κ2) is 11.4. The van der Waals surface area contributed by atoms with Crippen molar-refractivity contribution in [2.45, 2.75) is 97.8 Å². The van der Waals surface area contributed by atoms with Gasteiger partial charge in [-0.2, -0.15) is 0 Å². The number of phenols is 2. The first-order valence-corrected chi connectivity index (χ1v) is 9.71. The van der Waals surface area contributed by atoms with Gasteiger partial charge in [0.1, 0.15) is 0 Å². The lowest BCUT2D eigenvalue weighted by atomic mass is 9.92. The van der Waals surface area contributed by atoms with Crippen LogP contribution in [0.2, 0.25) is 0 Å². The zero-order valence-electron chi connectivity index (χ0n) is 15.5. The molecule has 1 rings (SSSR count). The van der Waals surface area contributed by atoms with Crippen molar-refractivity contribution in [1.29, 1.82) is 0 Å². The molecule has 132 valence electrons. The highest BCUT2D eigenvalue weighted by atomic mass is 16.3. The molecule has 2 nitrogen and oxygen atoms in total. The summed E-state index contributed by atoms with van der Waals surface area (Å²) in [5.41, 5.74) is 3.18. The Morgan fingerprint density at radius 2 is 1.09 bits per heavy atom. The van der Waals surface area contributed by atoms with Gasteiger partial charge in [-0.25, -0.2) is 0 Å². The molecule has 0 amide bonds. The molecule has 2 heteroatoms. The van der Waals surface area contributed by atoms with Gasteiger partial charge in [0.2, 0.25) is 0 Å². The summed E-state index contributed by atoms with van der Waals surface area (Å²) < 4.78 is 0. The van der Waals surface area contributed by atoms with Crippen molar-refractivity contribution in [3.8, 4) is 11.5 Å². The maximum atomic E-state index is 10.5. The van der Waals surface area contributed by atoms with Crippen molar-refractivity contribution < 1.29 is 10.2 Å². The molecule has 0 radical (unpaired) electrons. The van der Waals surface area contributed by atoms with Crippen LogP contribution < -0.4 is 0 Å². The van der Waals surface area contributed by atoms with Gasteiger partial charge in [-0.1, -0.05) is 65.4 Å². The fourth-order valence-electron chi connectivity index (χ4n) is 3.19. The fraction of sp³-hybridized carbons (Fsp3) is 0.714. The van der Waals surface area contributed by atoms with Crippen molar-refractivity contribution in [1.82, 2.24) is 0 Å². The number of phenolic OH excluding ortho intramolecular Hbond substituents is 2. The van der Waals surface area contributed by atoms with E-state index in [2.05, 4.69) is 26.8 Å². The second-order valence-corrected chi connectivity index (χ2v) is 6.74. The average Bonchev–Trinajstić information content (AvgIpc) is 2.55. The van der Waals surface area contributed by atoms with Crippen LogP contribution in [0.1, 0.15) is 95.2 Å². The van der Waals surface area contributed by atoms with Crippen LogP contribution in [-0.2, 0) is 19.3 Å². The molecule has 0 aliphatic rings. The van der Waals surface area contributed by atoms with E-state index >= 15 is 0 Å². The lowest BCUT2D eigenvalue weighted by molar-refractivity contribution is 0.392. The summed E-state index contributed by atoms with van der Waals surface area (Å²) in [5.74, 6) is 0.286. The lowest BCUT2D eigenvalue weighted by Crippen LogP contribution is -2.00. The zero-order chi connectivity index (χ0) is 17.1. The number of unbranched alkanes of at least 4 members (excludes halogenated alkanes) is 6. The molecule has 0 fully saturated rings. The SMILES string of the molecule is CCCCCc1cc(CCCCC)c(CCCCC)c(O)c1O. The second-order valence-electron chi connectivity index (χ2n) is 6.74. The van der Waals surface area contributed by atoms with Crippen LogP contribution >= 0.6 is 0 Å². The lowest BCUT2D eigenvalue weighted by Gasteiger charge is -2.16. The van der Waals surface area contributed by atoms with Gasteiger partial charge in [-0.15, -0.1) is 0 Å². The maximum absolute atomic E-state index is 10.5. The molecule has 0 unspecified atom stereocenters. The molecule has 0 aliphatic carbocycles. The summed E-state index contributed by atoms with van der Waals surface area (Å²) in [4.78, 5) is 0. The number of hydrogen-bond acceptors (Lipinski definition) is 2. The number of rotatable bonds is 12. The Kier molecular flexibility index (Phi) is 9.82. The van der Waals surface area contributed by atoms with Crippen molar-refractivity contribution in [3.63, 3.8) is 0 Å². The van der Waals surface area contributed by atoms with Crippen LogP contribution in [0, 0.1) is 0 Å². The van der Waals surface area contributed by atoms with Gasteiger partial charge in [-0.05, 0) is 49.7 Å². The Bertz CT molecular complexity index is 452. The summed E-state index contributed by atoms with van der Waals surface area (Å²) in [6, 6.07) is 2.17. The van der Waals surface area contributed by atoms with Gasteiger partial charge in [0, 0.05) is 5.56 Å². The Morgan fingerprint density at radius 3 is 1.61 bits per heavy atom. The van der Waals surface area contributed by atoms with E-state index in [1.807, 2.05) is 0 Å². The van der Waals surface area contributed by atoms with E-state index in [1.165, 1.54) is 44.1 Å². The first-order valence-electron chi connectivity index (χ1n) is 9.71. The standard InChI is InChI=1S/C21H36O2/c1-4-7-10-13-17-16-18(14-11-8-5-2)20(22)21(23)19(17)15-12-9-6-3/h16,22-23H,4-15H2,1-3H3. The molecule has 23 heavy (non-hydrogen) atoms. The first-order chi connectivity index (χ1) is 11.2. The quantitative estimate of drug-likeness (QED) is 0.350. The highest BCUT2D eigenvalue weighted by molar-refractivity contribution is 5.54. The number of benzene rings is 1. The molecule has 0 bridgehead atoms. The monoisotopic (exact) mass is 320 g/mol. The predicted octanol–water partition coefficient (Wildman–Crippen LogP) is 6.30. The van der Waals surface area contributed by atoms with E-state index in [-0.39, 0.29) is 11.5 Å². The summed E-state index contributed by atoms with van der Waals surface area (Å²) >= 11 is 0. The molecule has 0 saturated heterocycles. The Morgan fingerprint density at radius 1 is 0.609 bits per heavy atom. The van der Waals surface area contributed by atoms with Crippen LogP contribution in [-0.4, -0.2) is 10.2 Å². The van der Waals surface area contributed by atoms with E-state index in [9.17, 15) is 10.2 Å². The molecule has 0 saturated carbocycles. The van der Waals surface area contributed by atoms with Gasteiger partial charge in [0.15, 0.2) is 11.5 Å². The topological polar surface area (TPSA) is 40.5 Å². The fourth-order valence-corrected chi connectivity index (χ4v) is 3.19. The largest absolute Gasteiger partial charge is 0.504 e. The minimum absolute atomic E-state index is 0.131. The smallest absolute Gasteiger partial charge is 0.161 e. The number of aryl methyl sites for hydroxylation is 2. The van der Waals surface area contributed by atoms with Crippen LogP contribution in [0.15, 0.2) is 6.07 Å². The van der Waals surface area contributed by atoms with E-state index in [4.69, 9.17) is 0 Å². The predicted molar refractivity (Wildman–Crippen MR) is 99.5 cm³/mol. The summed E-state index contributed by atoms with van der Waals surface area (Å²) in [5, 5.41) is 20.9. The third kappa shape index (κ3) is 6.45. The molecule has 1 aromatic carbocycles. The van der Waals surface area contributed by atoms with E-state index < -0.39 is 0 Å². The summed E-state index contributed by atoms with van der Waals surface area (Å²) in [6.07, 6.45) is 13.2. The Labute approximate surface area is 142 Å². The van der Waals surface area contributed by atoms with Gasteiger partial charge >= 0.3 is 0 Å². The highest BCUT2D eigenvalue weighted by Gasteiger charge is 2.16. The molecule has 0 heterocycles. The molecule has 0 aromatic heterocycles. The van der Waals surface area contributed by atoms with E-state index in [0.29, 0.717) is 0 Å². The van der Waals surface area contributed by atoms with Crippen LogP contribution in [0.5, 0.6) is 11.5 Å². The van der Waals surface area contributed by atoms with Crippen LogP contribution in [0.4, 0.5) is 0 Å². The van der Waals surface area contributed by atoms with Crippen molar-refractivity contribution in [2.24, 2.45) is 0 Å². The third-order valence-electron chi connectivity index (χ3n) is 4.68. The van der Waals surface area contributed by atoms with E-state index in [1.54, 1.807) is 0 Å². The molecule has 1 aromatic rings. The normalized spacial score (nSPS) is 11.1. The zero-order valence-corrected chi connectivity index (χ0v) is 15.5. The number of aromatic hydroxyl groups is 2. The van der Waals surface area contributed by atoms with Gasteiger partial charge in [0.05, 0.1) is 0 Å². The molecule has 0 atom stereocenters. The Balaban J connectivity index is 2.97. The van der Waals surface area contributed by atoms with Crippen molar-refractivity contribution in [3.05, 3.63) is 22.8 Å². The number of hydrogen-bond donors (Lipinski definition) is 2. The molecular weight excluding hydrogens is 284 g/mol. The molecule has 2 N–H and O–H groups in total. The first kappa shape index (κ1) is 19.9. The maximum Gasteiger partial charge on any atom is 0.161 e. The Hall–Kier alpha value is -1.18. The van der Waals surface area contributed by atoms with Crippen LogP contribution in [0.25, 0.3) is 0 Å². The van der Waals surface area contributed by atoms with Gasteiger partial charge in [0.25, 0.3) is 0 Å². The van der Waals surface area contributed by atoms with Gasteiger partial charge < -0.3 is 10.2 Å². The summed E-state index contributed by atoms with van der Waals surface area (Å²) in [6.45, 7) is 6.59. The average molecular weight is 321 g/mol. The van der Waals surface area contributed by atoms with Crippen molar-refractivity contribution in [2.75, 3.05) is 0 Å². The van der Waals surface area contributed by atoms with Crippen molar-refractivity contribution >= 4 is 0 Å². The minimum atomic E-state index is 0.131. The summed E-state index contributed by atoms with van der Waals surface area (Å²) in [7, 11) is 0. The molecule has 0 spiro atoms.